The van der Waals surface area contributed by atoms with Crippen molar-refractivity contribution in [1.29, 1.82) is 0 Å². The molecule has 1 aliphatic heterocycles. The molecule has 1 N–H and O–H groups in total. The Hall–Kier alpha value is -1.78. The molecule has 5 nitrogen and oxygen atoms in total. The van der Waals surface area contributed by atoms with Crippen LogP contribution in [0.1, 0.15) is 39.2 Å². The van der Waals surface area contributed by atoms with E-state index in [-0.39, 0.29) is 6.09 Å². The van der Waals surface area contributed by atoms with Crippen molar-refractivity contribution in [2.24, 2.45) is 5.92 Å². The third kappa shape index (κ3) is 5.20. The topological polar surface area (TPSA) is 54.5 Å². The van der Waals surface area contributed by atoms with E-state index >= 15 is 0 Å². The van der Waals surface area contributed by atoms with E-state index in [4.69, 9.17) is 4.74 Å². The minimum atomic E-state index is -0.450. The summed E-state index contributed by atoms with van der Waals surface area (Å²) in [4.78, 5) is 18.5. The van der Waals surface area contributed by atoms with Gasteiger partial charge in [0, 0.05) is 25.8 Å². The van der Waals surface area contributed by atoms with E-state index < -0.39 is 5.60 Å². The van der Waals surface area contributed by atoms with Crippen LogP contribution in [0.2, 0.25) is 0 Å². The lowest BCUT2D eigenvalue weighted by molar-refractivity contribution is 0.0517. The summed E-state index contributed by atoms with van der Waals surface area (Å²) in [5, 5.41) is 2.88. The lowest BCUT2D eigenvalue weighted by Crippen LogP contribution is -2.42. The zero-order chi connectivity index (χ0) is 16.2. The molecule has 0 aliphatic carbocycles. The summed E-state index contributed by atoms with van der Waals surface area (Å²) in [5.41, 5.74) is 0.720. The van der Waals surface area contributed by atoms with Gasteiger partial charge in [0.2, 0.25) is 0 Å². The minimum absolute atomic E-state index is 0.335. The van der Waals surface area contributed by atoms with E-state index in [1.54, 1.807) is 0 Å². The zero-order valence-corrected chi connectivity index (χ0v) is 14.1. The van der Waals surface area contributed by atoms with Gasteiger partial charge < -0.3 is 15.0 Å². The smallest absolute Gasteiger partial charge is 0.407 e. The van der Waals surface area contributed by atoms with Crippen LogP contribution in [0.3, 0.4) is 0 Å². The number of carbonyl (C=O) groups excluding carboxylic acids is 1. The van der Waals surface area contributed by atoms with Gasteiger partial charge in [-0.15, -0.1) is 0 Å². The number of aromatic nitrogens is 1. The van der Waals surface area contributed by atoms with Crippen molar-refractivity contribution in [3.8, 4) is 0 Å². The minimum Gasteiger partial charge on any atom is -0.444 e. The van der Waals surface area contributed by atoms with Crippen LogP contribution in [0.15, 0.2) is 18.3 Å². The first kappa shape index (κ1) is 16.6. The van der Waals surface area contributed by atoms with E-state index in [0.29, 0.717) is 12.5 Å². The van der Waals surface area contributed by atoms with E-state index in [9.17, 15) is 4.79 Å². The second-order valence-electron chi connectivity index (χ2n) is 7.03. The third-order valence-electron chi connectivity index (χ3n) is 3.67. The summed E-state index contributed by atoms with van der Waals surface area (Å²) in [6, 6.07) is 4.16. The summed E-state index contributed by atoms with van der Waals surface area (Å²) >= 11 is 0. The van der Waals surface area contributed by atoms with Crippen LogP contribution in [0.5, 0.6) is 0 Å². The highest BCUT2D eigenvalue weighted by Crippen LogP contribution is 2.21. The number of amides is 1. The quantitative estimate of drug-likeness (QED) is 0.932. The number of hydrogen-bond acceptors (Lipinski definition) is 4. The van der Waals surface area contributed by atoms with Crippen LogP contribution in [0.4, 0.5) is 10.6 Å². The van der Waals surface area contributed by atoms with Crippen molar-refractivity contribution in [1.82, 2.24) is 10.3 Å². The third-order valence-corrected chi connectivity index (χ3v) is 3.67. The lowest BCUT2D eigenvalue weighted by Gasteiger charge is -2.33. The van der Waals surface area contributed by atoms with Gasteiger partial charge >= 0.3 is 6.09 Å². The molecule has 5 heteroatoms. The van der Waals surface area contributed by atoms with Gasteiger partial charge in [0.25, 0.3) is 0 Å². The van der Waals surface area contributed by atoms with Gasteiger partial charge in [0.1, 0.15) is 11.4 Å². The number of nitrogens with zero attached hydrogens (tertiary/aromatic N) is 2. The van der Waals surface area contributed by atoms with Crippen LogP contribution in [-0.4, -0.2) is 36.3 Å². The van der Waals surface area contributed by atoms with Crippen molar-refractivity contribution >= 4 is 11.9 Å². The maximum absolute atomic E-state index is 11.7. The number of pyridine rings is 1. The van der Waals surface area contributed by atoms with Crippen LogP contribution in [0, 0.1) is 12.8 Å². The number of carbonyl (C=O) groups is 1. The molecule has 1 saturated heterocycles. The van der Waals surface area contributed by atoms with Gasteiger partial charge in [-0.1, -0.05) is 6.07 Å². The van der Waals surface area contributed by atoms with Gasteiger partial charge in [-0.05, 0) is 58.1 Å². The van der Waals surface area contributed by atoms with Gasteiger partial charge in [-0.3, -0.25) is 0 Å². The lowest BCUT2D eigenvalue weighted by atomic mass is 9.98. The Kier molecular flexibility index (Phi) is 5.27. The molecule has 122 valence electrons. The molecule has 1 aliphatic rings. The van der Waals surface area contributed by atoms with Gasteiger partial charge in [0.05, 0.1) is 0 Å². The summed E-state index contributed by atoms with van der Waals surface area (Å²) in [7, 11) is 0. The molecule has 1 atom stereocenters. The van der Waals surface area contributed by atoms with Crippen molar-refractivity contribution in [2.75, 3.05) is 24.5 Å². The number of nitrogens with one attached hydrogen (secondary N) is 1. The van der Waals surface area contributed by atoms with Crippen LogP contribution >= 0.6 is 0 Å². The maximum atomic E-state index is 11.7. The highest BCUT2D eigenvalue weighted by atomic mass is 16.6. The molecule has 0 aromatic carbocycles. The van der Waals surface area contributed by atoms with Crippen LogP contribution < -0.4 is 10.2 Å². The molecule has 0 unspecified atom stereocenters. The number of ether oxygens (including phenoxy) is 1. The van der Waals surface area contributed by atoms with Crippen LogP contribution in [0.25, 0.3) is 0 Å². The molecular weight excluding hydrogens is 278 g/mol. The molecule has 0 spiro atoms. The van der Waals surface area contributed by atoms with Gasteiger partial charge in [-0.2, -0.15) is 0 Å². The monoisotopic (exact) mass is 305 g/mol. The van der Waals surface area contributed by atoms with Gasteiger partial charge in [0.15, 0.2) is 0 Å². The molecular formula is C17H27N3O2. The maximum Gasteiger partial charge on any atom is 0.407 e. The number of alkyl carbamates (subject to hydrolysis) is 1. The Morgan fingerprint density at radius 2 is 2.23 bits per heavy atom. The standard InChI is InChI=1S/C17H27N3O2/c1-13-7-8-15(18-10-13)20-9-5-6-14(12-20)11-19-16(21)22-17(2,3)4/h7-8,10,14H,5-6,9,11-12H2,1-4H3,(H,19,21)/t14-/m1/s1. The SMILES string of the molecule is Cc1ccc(N2CCC[C@H](CNC(=O)OC(C)(C)C)C2)nc1. The van der Waals surface area contributed by atoms with E-state index in [1.807, 2.05) is 33.9 Å². The fourth-order valence-electron chi connectivity index (χ4n) is 2.63. The van der Waals surface area contributed by atoms with Crippen molar-refractivity contribution in [2.45, 2.75) is 46.1 Å². The molecule has 2 rings (SSSR count). The summed E-state index contributed by atoms with van der Waals surface area (Å²) < 4.78 is 5.28. The number of aryl methyl sites for hydroxylation is 1. The summed E-state index contributed by atoms with van der Waals surface area (Å²) in [6.45, 7) is 10.3. The molecule has 1 aromatic heterocycles. The Morgan fingerprint density at radius 1 is 1.45 bits per heavy atom. The first-order valence-corrected chi connectivity index (χ1v) is 7.98. The highest BCUT2D eigenvalue weighted by molar-refractivity contribution is 5.67. The number of piperidine rings is 1. The fraction of sp³-hybridized carbons (Fsp3) is 0.647. The Morgan fingerprint density at radius 3 is 2.86 bits per heavy atom. The number of rotatable bonds is 3. The molecule has 0 radical (unpaired) electrons. The fourth-order valence-corrected chi connectivity index (χ4v) is 2.63. The molecule has 2 heterocycles. The molecule has 1 aromatic rings. The molecule has 1 fully saturated rings. The first-order valence-electron chi connectivity index (χ1n) is 7.98. The predicted octanol–water partition coefficient (Wildman–Crippen LogP) is 3.13. The second-order valence-corrected chi connectivity index (χ2v) is 7.03. The van der Waals surface area contributed by atoms with Crippen LogP contribution in [-0.2, 0) is 4.74 Å². The number of anilines is 1. The number of hydrogen-bond donors (Lipinski definition) is 1. The molecule has 22 heavy (non-hydrogen) atoms. The molecule has 0 saturated carbocycles. The first-order chi connectivity index (χ1) is 10.3. The predicted molar refractivity (Wildman–Crippen MR) is 88.1 cm³/mol. The zero-order valence-electron chi connectivity index (χ0n) is 14.1. The normalized spacial score (nSPS) is 18.9. The van der Waals surface area contributed by atoms with E-state index in [2.05, 4.69) is 27.3 Å². The summed E-state index contributed by atoms with van der Waals surface area (Å²) in [5.74, 6) is 1.46. The van der Waals surface area contributed by atoms with E-state index in [0.717, 1.165) is 31.7 Å². The largest absolute Gasteiger partial charge is 0.444 e. The molecule has 0 bridgehead atoms. The van der Waals surface area contributed by atoms with E-state index in [1.165, 1.54) is 5.56 Å². The highest BCUT2D eigenvalue weighted by Gasteiger charge is 2.22. The average molecular weight is 305 g/mol. The van der Waals surface area contributed by atoms with Gasteiger partial charge in [-0.25, -0.2) is 9.78 Å². The second kappa shape index (κ2) is 6.99. The molecule has 1 amide bonds. The Bertz CT molecular complexity index is 494. The Balaban J connectivity index is 1.83. The van der Waals surface area contributed by atoms with Crippen molar-refractivity contribution < 1.29 is 9.53 Å². The van der Waals surface area contributed by atoms with Crippen molar-refractivity contribution in [3.05, 3.63) is 23.9 Å². The van der Waals surface area contributed by atoms with Crippen molar-refractivity contribution in [3.63, 3.8) is 0 Å². The average Bonchev–Trinajstić information content (AvgIpc) is 2.44. The Labute approximate surface area is 133 Å². The summed E-state index contributed by atoms with van der Waals surface area (Å²) in [6.07, 6.45) is 3.81.